The van der Waals surface area contributed by atoms with Crippen LogP contribution in [0.5, 0.6) is 17.2 Å². The number of likely N-dealkylation sites (N-methyl/N-ethyl adjacent to an activating group) is 1. The monoisotopic (exact) mass is 849 g/mol. The fraction of sp³-hybridized carbons (Fsp3) is 0.524. The van der Waals surface area contributed by atoms with Crippen LogP contribution >= 0.6 is 35.6 Å². The Balaban J connectivity index is 0.00000620. The number of aliphatic hydroxyl groups is 1. The maximum absolute atomic E-state index is 14.2. The second-order valence-corrected chi connectivity index (χ2v) is 15.5. The topological polar surface area (TPSA) is 119 Å². The highest BCUT2D eigenvalue weighted by atomic mass is 35.5. The molecule has 1 N–H and O–H groups in total. The summed E-state index contributed by atoms with van der Waals surface area (Å²) in [6, 6.07) is 17.5. The van der Waals surface area contributed by atoms with Crippen LogP contribution in [0.15, 0.2) is 54.6 Å². The number of aliphatic hydroxyl groups excluding tert-OH is 1. The number of carbonyl (C=O) groups excluding carboxylic acids is 2. The van der Waals surface area contributed by atoms with E-state index < -0.39 is 5.60 Å². The molecule has 2 fully saturated rings. The molecule has 1 spiro atoms. The summed E-state index contributed by atoms with van der Waals surface area (Å²) in [4.78, 5) is 33.1. The summed E-state index contributed by atoms with van der Waals surface area (Å²) >= 11 is 13.0. The molecule has 6 rings (SSSR count). The molecule has 12 nitrogen and oxygen atoms in total. The normalized spacial score (nSPS) is 20.1. The van der Waals surface area contributed by atoms with Crippen LogP contribution < -0.4 is 14.2 Å². The van der Waals surface area contributed by atoms with E-state index in [-0.39, 0.29) is 55.6 Å². The fourth-order valence-corrected chi connectivity index (χ4v) is 8.74. The summed E-state index contributed by atoms with van der Waals surface area (Å²) in [6.45, 7) is 4.40. The van der Waals surface area contributed by atoms with E-state index in [9.17, 15) is 9.59 Å². The van der Waals surface area contributed by atoms with E-state index in [0.717, 1.165) is 44.5 Å². The molecule has 3 aliphatic rings. The molecule has 2 saturated heterocycles. The molecule has 0 unspecified atom stereocenters. The minimum Gasteiger partial charge on any atom is -0.493 e. The van der Waals surface area contributed by atoms with E-state index in [1.165, 1.54) is 32.5 Å². The molecule has 57 heavy (non-hydrogen) atoms. The van der Waals surface area contributed by atoms with Crippen molar-refractivity contribution < 1.29 is 43.1 Å². The van der Waals surface area contributed by atoms with Crippen LogP contribution in [0, 0.1) is 0 Å². The number of amides is 2. The molecular weight excluding hydrogens is 797 g/mol. The zero-order valence-corrected chi connectivity index (χ0v) is 35.4. The smallest absolute Gasteiger partial charge is 0.254 e. The Hall–Kier alpha value is -3.33. The highest BCUT2D eigenvalue weighted by Gasteiger charge is 2.49. The number of piperidine rings is 1. The molecule has 2 atom stereocenters. The molecule has 0 aromatic heterocycles. The molecule has 312 valence electrons. The Bertz CT molecular complexity index is 1820. The lowest BCUT2D eigenvalue weighted by molar-refractivity contribution is -0.139. The quantitative estimate of drug-likeness (QED) is 0.182. The predicted molar refractivity (Wildman–Crippen MR) is 221 cm³/mol. The first-order valence-corrected chi connectivity index (χ1v) is 19.9. The molecule has 2 amide bonds. The van der Waals surface area contributed by atoms with Crippen LogP contribution in [0.25, 0.3) is 0 Å². The minimum absolute atomic E-state index is 0. The lowest BCUT2D eigenvalue weighted by Gasteiger charge is -2.46. The predicted octanol–water partition coefficient (Wildman–Crippen LogP) is 5.64. The van der Waals surface area contributed by atoms with Crippen LogP contribution in [0.1, 0.15) is 46.3 Å². The third-order valence-corrected chi connectivity index (χ3v) is 12.4. The van der Waals surface area contributed by atoms with E-state index in [1.807, 2.05) is 17.0 Å². The summed E-state index contributed by atoms with van der Waals surface area (Å²) in [6.07, 6.45) is 3.00. The number of morpholine rings is 1. The maximum Gasteiger partial charge on any atom is 0.254 e. The average Bonchev–Trinajstić information content (AvgIpc) is 3.53. The summed E-state index contributed by atoms with van der Waals surface area (Å²) < 4.78 is 35.1. The third kappa shape index (κ3) is 9.77. The van der Waals surface area contributed by atoms with Gasteiger partial charge in [0, 0.05) is 37.7 Å². The fourth-order valence-electron chi connectivity index (χ4n) is 8.45. The molecule has 1 aliphatic carbocycles. The average molecular weight is 851 g/mol. The number of nitrogens with zero attached hydrogens (tertiary/aromatic N) is 3. The third-order valence-electron chi connectivity index (χ3n) is 11.6. The SMILES string of the molecule is COc1cc(C(=O)N2CCO[C@](CCN3CCC4(CC3)c3ccccc3C[C@@H]4OCC(=O)N(C)CCOCCO)(c3ccc(Cl)c(Cl)c3)C2)cc(OC)c1OC.Cl. The van der Waals surface area contributed by atoms with Gasteiger partial charge in [0.2, 0.25) is 11.7 Å². The van der Waals surface area contributed by atoms with Crippen molar-refractivity contribution in [2.75, 3.05) is 101 Å². The maximum atomic E-state index is 14.2. The van der Waals surface area contributed by atoms with Crippen LogP contribution in [0.2, 0.25) is 10.0 Å². The number of hydrogen-bond donors (Lipinski definition) is 1. The Kier molecular flexibility index (Phi) is 15.8. The number of halogens is 3. The molecule has 2 aliphatic heterocycles. The molecule has 0 radical (unpaired) electrons. The Morgan fingerprint density at radius 2 is 1.67 bits per heavy atom. The molecule has 0 bridgehead atoms. The van der Waals surface area contributed by atoms with E-state index >= 15 is 0 Å². The van der Waals surface area contributed by atoms with Crippen molar-refractivity contribution in [3.63, 3.8) is 0 Å². The van der Waals surface area contributed by atoms with Crippen molar-refractivity contribution in [3.05, 3.63) is 86.9 Å². The molecule has 2 heterocycles. The first-order chi connectivity index (χ1) is 27.1. The Morgan fingerprint density at radius 3 is 2.33 bits per heavy atom. The summed E-state index contributed by atoms with van der Waals surface area (Å²) in [5.74, 6) is 0.943. The minimum atomic E-state index is -0.848. The van der Waals surface area contributed by atoms with Gasteiger partial charge in [0.1, 0.15) is 12.2 Å². The van der Waals surface area contributed by atoms with E-state index in [0.29, 0.717) is 72.1 Å². The molecule has 3 aromatic carbocycles. The standard InChI is InChI=1S/C42H53Cl2N3O9.ClH/c1-45(17-20-54-22-19-48)38(49)27-55-37-25-29-7-5-6-8-32(29)41(37)11-14-46(15-12-41)16-13-42(31-9-10-33(43)34(44)26-31)28-47(18-21-56-42)40(50)30-23-35(51-2)39(53-4)36(24-30)52-3;/h5-10,23-24,26,37,48H,11-22,25,27-28H2,1-4H3;1H/t37-,42-;/m0./s1. The van der Waals surface area contributed by atoms with Gasteiger partial charge in [-0.15, -0.1) is 12.4 Å². The van der Waals surface area contributed by atoms with Crippen molar-refractivity contribution in [2.45, 2.75) is 42.8 Å². The van der Waals surface area contributed by atoms with Crippen LogP contribution in [0.4, 0.5) is 0 Å². The number of likely N-dealkylation sites (tertiary alicyclic amines) is 1. The van der Waals surface area contributed by atoms with Gasteiger partial charge in [0.15, 0.2) is 11.5 Å². The summed E-state index contributed by atoms with van der Waals surface area (Å²) in [5, 5.41) is 9.83. The first kappa shape index (κ1) is 44.8. The van der Waals surface area contributed by atoms with Gasteiger partial charge in [-0.25, -0.2) is 0 Å². The lowest BCUT2D eigenvalue weighted by Crippen LogP contribution is -2.54. The van der Waals surface area contributed by atoms with Gasteiger partial charge in [-0.2, -0.15) is 0 Å². The largest absolute Gasteiger partial charge is 0.493 e. The van der Waals surface area contributed by atoms with Gasteiger partial charge in [-0.1, -0.05) is 53.5 Å². The first-order valence-electron chi connectivity index (χ1n) is 19.1. The number of fused-ring (bicyclic) bond motifs is 2. The zero-order valence-electron chi connectivity index (χ0n) is 33.1. The number of carbonyl (C=O) groups is 2. The van der Waals surface area contributed by atoms with Crippen molar-refractivity contribution in [1.82, 2.24) is 14.7 Å². The van der Waals surface area contributed by atoms with Gasteiger partial charge in [0.05, 0.1) is 70.5 Å². The second kappa shape index (κ2) is 20.1. The Labute approximate surface area is 351 Å². The van der Waals surface area contributed by atoms with Crippen LogP contribution in [-0.2, 0) is 36.4 Å². The molecule has 3 aromatic rings. The van der Waals surface area contributed by atoms with Crippen LogP contribution in [0.3, 0.4) is 0 Å². The van der Waals surface area contributed by atoms with Crippen molar-refractivity contribution in [3.8, 4) is 17.2 Å². The Morgan fingerprint density at radius 1 is 0.947 bits per heavy atom. The molecule has 15 heteroatoms. The van der Waals surface area contributed by atoms with Crippen molar-refractivity contribution in [1.29, 1.82) is 0 Å². The lowest BCUT2D eigenvalue weighted by atomic mass is 9.72. The number of hydrogen-bond acceptors (Lipinski definition) is 10. The molecule has 0 saturated carbocycles. The number of rotatable bonds is 16. The van der Waals surface area contributed by atoms with Gasteiger partial charge >= 0.3 is 0 Å². The summed E-state index contributed by atoms with van der Waals surface area (Å²) in [5.41, 5.74) is 2.80. The summed E-state index contributed by atoms with van der Waals surface area (Å²) in [7, 11) is 6.32. The van der Waals surface area contributed by atoms with Crippen molar-refractivity contribution >= 4 is 47.4 Å². The highest BCUT2D eigenvalue weighted by molar-refractivity contribution is 6.42. The molecular formula is C42H54Cl3N3O9. The van der Waals surface area contributed by atoms with Crippen molar-refractivity contribution in [2.24, 2.45) is 0 Å². The highest BCUT2D eigenvalue weighted by Crippen LogP contribution is 2.48. The van der Waals surface area contributed by atoms with E-state index in [2.05, 4.69) is 29.2 Å². The zero-order chi connectivity index (χ0) is 39.9. The van der Waals surface area contributed by atoms with Gasteiger partial charge in [-0.05, 0) is 79.7 Å². The number of ether oxygens (including phenoxy) is 6. The number of benzene rings is 3. The number of methoxy groups -OCH3 is 3. The van der Waals surface area contributed by atoms with E-state index in [4.69, 9.17) is 56.7 Å². The van der Waals surface area contributed by atoms with Crippen LogP contribution in [-0.4, -0.2) is 138 Å². The van der Waals surface area contributed by atoms with Gasteiger partial charge in [0.25, 0.3) is 5.91 Å². The van der Waals surface area contributed by atoms with E-state index in [1.54, 1.807) is 30.1 Å². The second-order valence-electron chi connectivity index (χ2n) is 14.7. The van der Waals surface area contributed by atoms with Gasteiger partial charge < -0.3 is 48.2 Å². The van der Waals surface area contributed by atoms with Gasteiger partial charge in [-0.3, -0.25) is 9.59 Å².